The van der Waals surface area contributed by atoms with Crippen LogP contribution in [0.3, 0.4) is 0 Å². The van der Waals surface area contributed by atoms with Crippen LogP contribution in [0, 0.1) is 17.6 Å². The monoisotopic (exact) mass is 310 g/mol. The van der Waals surface area contributed by atoms with Gasteiger partial charge in [-0.25, -0.2) is 13.8 Å². The Balaban J connectivity index is 2.24. The second kappa shape index (κ2) is 6.76. The molecule has 0 N–H and O–H groups in total. The zero-order chi connectivity index (χ0) is 15.4. The van der Waals surface area contributed by atoms with Crippen LogP contribution in [0.25, 0.3) is 0 Å². The minimum Gasteiger partial charge on any atom is -0.333 e. The second-order valence-corrected chi connectivity index (χ2v) is 5.98. The molecule has 0 saturated heterocycles. The average Bonchev–Trinajstić information content (AvgIpc) is 2.89. The molecular formula is C15H16F2N2OS. The van der Waals surface area contributed by atoms with E-state index in [-0.39, 0.29) is 11.6 Å². The molecule has 0 aliphatic heterocycles. The van der Waals surface area contributed by atoms with Crippen molar-refractivity contribution in [1.29, 1.82) is 0 Å². The van der Waals surface area contributed by atoms with Crippen LogP contribution in [0.4, 0.5) is 8.78 Å². The fourth-order valence-electron chi connectivity index (χ4n) is 1.98. The molecule has 0 fully saturated rings. The van der Waals surface area contributed by atoms with E-state index in [1.165, 1.54) is 16.2 Å². The molecule has 3 nitrogen and oxygen atoms in total. The van der Waals surface area contributed by atoms with E-state index in [0.717, 1.165) is 11.8 Å². The van der Waals surface area contributed by atoms with E-state index in [4.69, 9.17) is 0 Å². The van der Waals surface area contributed by atoms with Crippen LogP contribution in [0.5, 0.6) is 0 Å². The number of rotatable bonds is 5. The molecule has 0 bridgehead atoms. The minimum absolute atomic E-state index is 0.232. The molecule has 2 aromatic rings. The summed E-state index contributed by atoms with van der Waals surface area (Å²) in [6.45, 7) is 4.82. The molecule has 2 heterocycles. The van der Waals surface area contributed by atoms with E-state index in [1.54, 1.807) is 0 Å². The highest BCUT2D eigenvalue weighted by molar-refractivity contribution is 7.07. The molecule has 0 aliphatic carbocycles. The van der Waals surface area contributed by atoms with Gasteiger partial charge in [-0.15, -0.1) is 0 Å². The molecular weight excluding hydrogens is 294 g/mol. The predicted octanol–water partition coefficient (Wildman–Crippen LogP) is 3.72. The molecule has 0 radical (unpaired) electrons. The van der Waals surface area contributed by atoms with Gasteiger partial charge in [0.2, 0.25) is 0 Å². The highest BCUT2D eigenvalue weighted by Crippen LogP contribution is 2.15. The van der Waals surface area contributed by atoms with Gasteiger partial charge in [-0.05, 0) is 28.3 Å². The quantitative estimate of drug-likeness (QED) is 0.843. The molecule has 2 aromatic heterocycles. The lowest BCUT2D eigenvalue weighted by atomic mass is 10.1. The number of hydrogen-bond donors (Lipinski definition) is 0. The zero-order valence-corrected chi connectivity index (χ0v) is 12.7. The van der Waals surface area contributed by atoms with Crippen LogP contribution in [-0.4, -0.2) is 22.3 Å². The molecule has 0 aromatic carbocycles. The van der Waals surface area contributed by atoms with Gasteiger partial charge in [-0.3, -0.25) is 4.79 Å². The topological polar surface area (TPSA) is 33.2 Å². The van der Waals surface area contributed by atoms with Gasteiger partial charge in [0.05, 0.1) is 6.20 Å². The molecule has 0 spiro atoms. The maximum Gasteiger partial charge on any atom is 0.275 e. The maximum absolute atomic E-state index is 13.7. The van der Waals surface area contributed by atoms with Crippen molar-refractivity contribution in [2.24, 2.45) is 5.92 Å². The van der Waals surface area contributed by atoms with Crippen LogP contribution < -0.4 is 0 Å². The molecule has 0 unspecified atom stereocenters. The molecule has 0 aliphatic rings. The van der Waals surface area contributed by atoms with Gasteiger partial charge < -0.3 is 4.90 Å². The third-order valence-electron chi connectivity index (χ3n) is 2.84. The summed E-state index contributed by atoms with van der Waals surface area (Å²) < 4.78 is 26.6. The summed E-state index contributed by atoms with van der Waals surface area (Å²) in [5.74, 6) is -2.01. The van der Waals surface area contributed by atoms with Crippen LogP contribution in [0.1, 0.15) is 29.9 Å². The second-order valence-electron chi connectivity index (χ2n) is 5.20. The Bertz CT molecular complexity index is 614. The van der Waals surface area contributed by atoms with Gasteiger partial charge in [-0.1, -0.05) is 13.8 Å². The van der Waals surface area contributed by atoms with Crippen LogP contribution in [-0.2, 0) is 6.54 Å². The van der Waals surface area contributed by atoms with Gasteiger partial charge in [0, 0.05) is 19.2 Å². The summed E-state index contributed by atoms with van der Waals surface area (Å²) in [5, 5.41) is 3.86. The standard InChI is InChI=1S/C15H16F2N2OS/c1-10(2)7-19(8-11-3-4-21-9-11)15(20)14-13(17)5-12(16)6-18-14/h3-6,9-10H,7-8H2,1-2H3. The molecule has 1 amide bonds. The van der Waals surface area contributed by atoms with Crippen molar-refractivity contribution in [2.75, 3.05) is 6.54 Å². The molecule has 0 saturated carbocycles. The zero-order valence-electron chi connectivity index (χ0n) is 11.8. The normalized spacial score (nSPS) is 10.9. The fraction of sp³-hybridized carbons (Fsp3) is 0.333. The molecule has 6 heteroatoms. The summed E-state index contributed by atoms with van der Waals surface area (Å²) in [6.07, 6.45) is 0.856. The Kier molecular flexibility index (Phi) is 5.01. The number of pyridine rings is 1. The van der Waals surface area contributed by atoms with E-state index in [2.05, 4.69) is 4.98 Å². The van der Waals surface area contributed by atoms with Gasteiger partial charge in [0.15, 0.2) is 11.5 Å². The molecule has 0 atom stereocenters. The molecule has 21 heavy (non-hydrogen) atoms. The van der Waals surface area contributed by atoms with Gasteiger partial charge in [-0.2, -0.15) is 11.3 Å². The van der Waals surface area contributed by atoms with Gasteiger partial charge >= 0.3 is 0 Å². The first-order chi connectivity index (χ1) is 9.97. The summed E-state index contributed by atoms with van der Waals surface area (Å²) in [5.41, 5.74) is 0.642. The fourth-order valence-corrected chi connectivity index (χ4v) is 2.64. The van der Waals surface area contributed by atoms with Gasteiger partial charge in [0.1, 0.15) is 5.82 Å². The lowest BCUT2D eigenvalue weighted by molar-refractivity contribution is 0.0711. The maximum atomic E-state index is 13.7. The Labute approximate surface area is 126 Å². The number of nitrogens with zero attached hydrogens (tertiary/aromatic N) is 2. The first-order valence-electron chi connectivity index (χ1n) is 6.58. The largest absolute Gasteiger partial charge is 0.333 e. The van der Waals surface area contributed by atoms with E-state index in [9.17, 15) is 13.6 Å². The van der Waals surface area contributed by atoms with Crippen molar-refractivity contribution >= 4 is 17.2 Å². The summed E-state index contributed by atoms with van der Waals surface area (Å²) in [6, 6.07) is 2.60. The highest BCUT2D eigenvalue weighted by atomic mass is 32.1. The van der Waals surface area contributed by atoms with E-state index < -0.39 is 17.5 Å². The molecule has 2 rings (SSSR count). The van der Waals surface area contributed by atoms with Crippen LogP contribution in [0.15, 0.2) is 29.1 Å². The number of carbonyl (C=O) groups is 1. The Morgan fingerprint density at radius 1 is 1.43 bits per heavy atom. The Hall–Kier alpha value is -1.82. The van der Waals surface area contributed by atoms with E-state index in [1.807, 2.05) is 30.7 Å². The summed E-state index contributed by atoms with van der Waals surface area (Å²) in [7, 11) is 0. The first kappa shape index (κ1) is 15.6. The average molecular weight is 310 g/mol. The molecule has 112 valence electrons. The lowest BCUT2D eigenvalue weighted by Crippen LogP contribution is -2.34. The summed E-state index contributed by atoms with van der Waals surface area (Å²) >= 11 is 1.54. The van der Waals surface area contributed by atoms with Crippen molar-refractivity contribution in [3.05, 3.63) is 52.0 Å². The van der Waals surface area contributed by atoms with Crippen molar-refractivity contribution < 1.29 is 13.6 Å². The smallest absolute Gasteiger partial charge is 0.275 e. The Morgan fingerprint density at radius 3 is 2.76 bits per heavy atom. The Morgan fingerprint density at radius 2 is 2.19 bits per heavy atom. The van der Waals surface area contributed by atoms with Crippen LogP contribution in [0.2, 0.25) is 0 Å². The number of amides is 1. The number of thiophene rings is 1. The number of hydrogen-bond acceptors (Lipinski definition) is 3. The van der Waals surface area contributed by atoms with Crippen molar-refractivity contribution in [2.45, 2.75) is 20.4 Å². The number of aromatic nitrogens is 1. The minimum atomic E-state index is -0.931. The third-order valence-corrected chi connectivity index (χ3v) is 3.57. The third kappa shape index (κ3) is 4.07. The van der Waals surface area contributed by atoms with Gasteiger partial charge in [0.25, 0.3) is 5.91 Å². The van der Waals surface area contributed by atoms with Crippen LogP contribution >= 0.6 is 11.3 Å². The van der Waals surface area contributed by atoms with E-state index >= 15 is 0 Å². The van der Waals surface area contributed by atoms with E-state index in [0.29, 0.717) is 19.2 Å². The number of halogens is 2. The number of carbonyl (C=O) groups excluding carboxylic acids is 1. The lowest BCUT2D eigenvalue weighted by Gasteiger charge is -2.24. The van der Waals surface area contributed by atoms with Crippen molar-refractivity contribution in [1.82, 2.24) is 9.88 Å². The highest BCUT2D eigenvalue weighted by Gasteiger charge is 2.22. The SMILES string of the molecule is CC(C)CN(Cc1ccsc1)C(=O)c1ncc(F)cc1F. The van der Waals surface area contributed by atoms with Crippen molar-refractivity contribution in [3.8, 4) is 0 Å². The van der Waals surface area contributed by atoms with Crippen molar-refractivity contribution in [3.63, 3.8) is 0 Å². The predicted molar refractivity (Wildman–Crippen MR) is 78.1 cm³/mol. The summed E-state index contributed by atoms with van der Waals surface area (Å²) in [4.78, 5) is 17.6. The first-order valence-corrected chi connectivity index (χ1v) is 7.53.